The van der Waals surface area contributed by atoms with Gasteiger partial charge in [-0.05, 0) is 38.0 Å². The number of carbonyl (C=O) groups excluding carboxylic acids is 1. The minimum atomic E-state index is -0.281. The lowest BCUT2D eigenvalue weighted by molar-refractivity contribution is -0.134. The lowest BCUT2D eigenvalue weighted by Crippen LogP contribution is -2.50. The molecule has 0 aromatic carbocycles. The first-order valence-electron chi connectivity index (χ1n) is 12.1. The predicted octanol–water partition coefficient (Wildman–Crippen LogP) is 0.884. The van der Waals surface area contributed by atoms with Gasteiger partial charge in [0.25, 0.3) is 0 Å². The molecule has 2 aromatic rings. The van der Waals surface area contributed by atoms with E-state index in [4.69, 9.17) is 4.74 Å². The number of hydrogen-bond donors (Lipinski definition) is 0. The van der Waals surface area contributed by atoms with Gasteiger partial charge in [0.2, 0.25) is 5.91 Å². The maximum Gasteiger partial charge on any atom is 0.247 e. The van der Waals surface area contributed by atoms with Crippen LogP contribution < -0.4 is 9.80 Å². The van der Waals surface area contributed by atoms with Crippen LogP contribution >= 0.6 is 0 Å². The average Bonchev–Trinajstić information content (AvgIpc) is 3.59. The zero-order valence-electron chi connectivity index (χ0n) is 19.4. The Morgan fingerprint density at radius 3 is 2.24 bits per heavy atom. The van der Waals surface area contributed by atoms with Crippen LogP contribution in [0, 0.1) is 0 Å². The molecule has 0 N–H and O–H groups in total. The summed E-state index contributed by atoms with van der Waals surface area (Å²) in [6.07, 6.45) is 6.34. The Kier molecular flexibility index (Phi) is 6.73. The minimum Gasteiger partial charge on any atom is -0.377 e. The number of nitrogens with zero attached hydrogens (tertiary/aromatic N) is 8. The molecule has 2 atom stereocenters. The van der Waals surface area contributed by atoms with Crippen molar-refractivity contribution in [1.29, 1.82) is 0 Å². The summed E-state index contributed by atoms with van der Waals surface area (Å²) in [4.78, 5) is 21.7. The molecule has 0 radical (unpaired) electrons. The van der Waals surface area contributed by atoms with Crippen molar-refractivity contribution >= 4 is 17.5 Å². The second kappa shape index (κ2) is 10.0. The molecule has 10 nitrogen and oxygen atoms in total. The van der Waals surface area contributed by atoms with Crippen LogP contribution in [0.25, 0.3) is 0 Å². The number of piperazine rings is 2. The van der Waals surface area contributed by atoms with Crippen LogP contribution in [-0.4, -0.2) is 107 Å². The van der Waals surface area contributed by atoms with Gasteiger partial charge in [-0.2, -0.15) is 5.10 Å². The van der Waals surface area contributed by atoms with Crippen LogP contribution in [-0.2, 0) is 9.53 Å². The Hall–Kier alpha value is -2.72. The quantitative estimate of drug-likeness (QED) is 0.636. The second-order valence-electron chi connectivity index (χ2n) is 9.15. The SMILES string of the molecule is CC(C(=O)N1CCN(c2ccc(N3CCN(CC4CCCO4)CC3)nn2)CC1)n1cccn1. The van der Waals surface area contributed by atoms with E-state index >= 15 is 0 Å². The summed E-state index contributed by atoms with van der Waals surface area (Å²) >= 11 is 0. The molecule has 178 valence electrons. The second-order valence-corrected chi connectivity index (χ2v) is 9.15. The van der Waals surface area contributed by atoms with Crippen LogP contribution in [0.15, 0.2) is 30.6 Å². The predicted molar refractivity (Wildman–Crippen MR) is 125 cm³/mol. The van der Waals surface area contributed by atoms with Gasteiger partial charge in [0.05, 0.1) is 6.10 Å². The molecule has 33 heavy (non-hydrogen) atoms. The first-order valence-corrected chi connectivity index (χ1v) is 12.1. The zero-order chi connectivity index (χ0) is 22.6. The van der Waals surface area contributed by atoms with Crippen molar-refractivity contribution in [2.24, 2.45) is 0 Å². The highest BCUT2D eigenvalue weighted by atomic mass is 16.5. The van der Waals surface area contributed by atoms with Crippen molar-refractivity contribution in [3.8, 4) is 0 Å². The number of hydrogen-bond acceptors (Lipinski definition) is 8. The fourth-order valence-corrected chi connectivity index (χ4v) is 4.93. The van der Waals surface area contributed by atoms with E-state index in [1.54, 1.807) is 10.9 Å². The third kappa shape index (κ3) is 5.11. The highest BCUT2D eigenvalue weighted by Gasteiger charge is 2.27. The topological polar surface area (TPSA) is 82.9 Å². The highest BCUT2D eigenvalue weighted by Crippen LogP contribution is 2.20. The molecule has 5 heterocycles. The number of rotatable bonds is 6. The third-order valence-corrected chi connectivity index (χ3v) is 7.01. The molecule has 5 rings (SSSR count). The summed E-state index contributed by atoms with van der Waals surface area (Å²) in [5.41, 5.74) is 0. The molecular formula is C23H34N8O2. The Labute approximate surface area is 195 Å². The number of carbonyl (C=O) groups is 1. The Bertz CT molecular complexity index is 884. The lowest BCUT2D eigenvalue weighted by atomic mass is 10.2. The molecule has 3 aliphatic rings. The summed E-state index contributed by atoms with van der Waals surface area (Å²) in [6, 6.07) is 5.70. The third-order valence-electron chi connectivity index (χ3n) is 7.01. The number of ether oxygens (including phenoxy) is 1. The van der Waals surface area contributed by atoms with Gasteiger partial charge in [0, 0.05) is 77.9 Å². The number of aromatic nitrogens is 4. The molecule has 3 saturated heterocycles. The van der Waals surface area contributed by atoms with Crippen molar-refractivity contribution in [3.05, 3.63) is 30.6 Å². The Morgan fingerprint density at radius 2 is 1.70 bits per heavy atom. The van der Waals surface area contributed by atoms with E-state index in [1.807, 2.05) is 24.1 Å². The van der Waals surface area contributed by atoms with Crippen molar-refractivity contribution in [1.82, 2.24) is 29.8 Å². The molecule has 3 fully saturated rings. The zero-order valence-corrected chi connectivity index (χ0v) is 19.4. The largest absolute Gasteiger partial charge is 0.377 e. The van der Waals surface area contributed by atoms with Crippen LogP contribution in [0.2, 0.25) is 0 Å². The molecule has 1 amide bonds. The number of amides is 1. The van der Waals surface area contributed by atoms with E-state index in [9.17, 15) is 4.79 Å². The molecule has 0 aliphatic carbocycles. The molecule has 0 spiro atoms. The van der Waals surface area contributed by atoms with Crippen LogP contribution in [0.1, 0.15) is 25.8 Å². The minimum absolute atomic E-state index is 0.110. The molecule has 2 aromatic heterocycles. The Balaban J connectivity index is 1.09. The maximum absolute atomic E-state index is 12.8. The van der Waals surface area contributed by atoms with Gasteiger partial charge in [-0.3, -0.25) is 14.4 Å². The van der Waals surface area contributed by atoms with Gasteiger partial charge in [-0.15, -0.1) is 10.2 Å². The van der Waals surface area contributed by atoms with Crippen LogP contribution in [0.3, 0.4) is 0 Å². The summed E-state index contributed by atoms with van der Waals surface area (Å²) in [5, 5.41) is 13.2. The van der Waals surface area contributed by atoms with Crippen LogP contribution in [0.4, 0.5) is 11.6 Å². The lowest BCUT2D eigenvalue weighted by Gasteiger charge is -2.37. The first-order chi connectivity index (χ1) is 16.2. The first kappa shape index (κ1) is 22.1. The van der Waals surface area contributed by atoms with Crippen LogP contribution in [0.5, 0.6) is 0 Å². The molecule has 3 aliphatic heterocycles. The van der Waals surface area contributed by atoms with E-state index in [0.717, 1.165) is 64.1 Å². The van der Waals surface area contributed by atoms with Gasteiger partial charge in [-0.25, -0.2) is 0 Å². The van der Waals surface area contributed by atoms with Gasteiger partial charge >= 0.3 is 0 Å². The fraction of sp³-hybridized carbons (Fsp3) is 0.652. The normalized spacial score (nSPS) is 23.2. The van der Waals surface area contributed by atoms with Gasteiger partial charge < -0.3 is 19.4 Å². The average molecular weight is 455 g/mol. The van der Waals surface area contributed by atoms with E-state index < -0.39 is 0 Å². The standard InChI is InChI=1S/C23H34N8O2/c1-19(31-8-3-7-24-31)23(32)30-15-13-29(14-16-30)22-6-5-21(25-26-22)28-11-9-27(10-12-28)18-20-4-2-17-33-20/h3,5-8,19-20H,2,4,9-18H2,1H3. The van der Waals surface area contributed by atoms with Crippen molar-refractivity contribution < 1.29 is 9.53 Å². The summed E-state index contributed by atoms with van der Waals surface area (Å²) in [6.45, 7) is 10.8. The van der Waals surface area contributed by atoms with E-state index in [1.165, 1.54) is 12.8 Å². The summed E-state index contributed by atoms with van der Waals surface area (Å²) < 4.78 is 7.49. The van der Waals surface area contributed by atoms with Gasteiger partial charge in [-0.1, -0.05) is 0 Å². The van der Waals surface area contributed by atoms with E-state index in [-0.39, 0.29) is 11.9 Å². The summed E-state index contributed by atoms with van der Waals surface area (Å²) in [7, 11) is 0. The fourth-order valence-electron chi connectivity index (χ4n) is 4.93. The molecule has 10 heteroatoms. The summed E-state index contributed by atoms with van der Waals surface area (Å²) in [5.74, 6) is 1.93. The van der Waals surface area contributed by atoms with E-state index in [2.05, 4.69) is 42.1 Å². The Morgan fingerprint density at radius 1 is 1.03 bits per heavy atom. The maximum atomic E-state index is 12.8. The van der Waals surface area contributed by atoms with Crippen molar-refractivity contribution in [2.45, 2.75) is 31.9 Å². The van der Waals surface area contributed by atoms with Gasteiger partial charge in [0.1, 0.15) is 6.04 Å². The van der Waals surface area contributed by atoms with E-state index in [0.29, 0.717) is 19.2 Å². The smallest absolute Gasteiger partial charge is 0.247 e. The molecule has 2 unspecified atom stereocenters. The van der Waals surface area contributed by atoms with Crippen molar-refractivity contribution in [2.75, 3.05) is 75.3 Å². The van der Waals surface area contributed by atoms with Gasteiger partial charge in [0.15, 0.2) is 11.6 Å². The highest BCUT2D eigenvalue weighted by molar-refractivity contribution is 5.80. The molecule has 0 bridgehead atoms. The van der Waals surface area contributed by atoms with Crippen molar-refractivity contribution in [3.63, 3.8) is 0 Å². The number of anilines is 2. The monoisotopic (exact) mass is 454 g/mol. The molecule has 0 saturated carbocycles. The molecular weight excluding hydrogens is 420 g/mol.